The lowest BCUT2D eigenvalue weighted by atomic mass is 10.0. The number of carbonyl (C=O) groups is 1. The smallest absolute Gasteiger partial charge is 0.294 e. The molecule has 0 unspecified atom stereocenters. The molecule has 2 aromatic carbocycles. The van der Waals surface area contributed by atoms with Crippen LogP contribution in [0.1, 0.15) is 16.8 Å². The Bertz CT molecular complexity index is 1280. The summed E-state index contributed by atoms with van der Waals surface area (Å²) in [4.78, 5) is 15.8. The van der Waals surface area contributed by atoms with Crippen LogP contribution in [0.2, 0.25) is 0 Å². The number of nitrogens with two attached hydrogens (primary N) is 1. The van der Waals surface area contributed by atoms with Crippen molar-refractivity contribution in [1.29, 1.82) is 0 Å². The first kappa shape index (κ1) is 27.5. The second-order valence-corrected chi connectivity index (χ2v) is 8.93. The van der Waals surface area contributed by atoms with Crippen molar-refractivity contribution in [3.8, 4) is 33.8 Å². The summed E-state index contributed by atoms with van der Waals surface area (Å²) in [5.74, 6) is -12.8. The number of nitrogen functional groups attached to an aromatic ring is 1. The van der Waals surface area contributed by atoms with Crippen LogP contribution in [-0.2, 0) is 23.4 Å². The number of phenols is 5. The van der Waals surface area contributed by atoms with Crippen LogP contribution >= 0.6 is 11.3 Å². The van der Waals surface area contributed by atoms with E-state index in [1.807, 2.05) is 0 Å². The van der Waals surface area contributed by atoms with Gasteiger partial charge >= 0.3 is 0 Å². The molecule has 15 nitrogen and oxygen atoms in total. The molecule has 0 saturated carbocycles. The van der Waals surface area contributed by atoms with Gasteiger partial charge in [0.2, 0.25) is 28.2 Å². The van der Waals surface area contributed by atoms with E-state index in [4.69, 9.17) is 5.73 Å². The van der Waals surface area contributed by atoms with Crippen molar-refractivity contribution < 1.29 is 55.9 Å². The first-order valence-corrected chi connectivity index (χ1v) is 11.1. The monoisotopic (exact) mass is 540 g/mol. The van der Waals surface area contributed by atoms with Gasteiger partial charge in [-0.15, -0.1) is 0 Å². The second-order valence-electron chi connectivity index (χ2n) is 7.92. The molecular formula is C21H24N4O11S. The SMILES string of the molecule is Nc1nc(C(O)(O)C(=O)Nc2ccc(CCNC(O)(O)Cc3c(O)c(O)c(O)c(O)c3O)cc2)c(O)s1. The number of hydrogen-bond acceptors (Lipinski definition) is 15. The van der Waals surface area contributed by atoms with Crippen molar-refractivity contribution in [2.24, 2.45) is 0 Å². The van der Waals surface area contributed by atoms with Crippen LogP contribution in [-0.4, -0.2) is 74.4 Å². The van der Waals surface area contributed by atoms with Gasteiger partial charge in [-0.2, -0.15) is 0 Å². The molecule has 3 rings (SSSR count). The fraction of sp³-hybridized carbons (Fsp3) is 0.238. The summed E-state index contributed by atoms with van der Waals surface area (Å²) in [5, 5.41) is 102. The molecule has 0 spiro atoms. The van der Waals surface area contributed by atoms with Gasteiger partial charge in [0, 0.05) is 18.7 Å². The number of nitrogens with one attached hydrogen (secondary N) is 2. The van der Waals surface area contributed by atoms with Gasteiger partial charge in [0.05, 0.1) is 5.56 Å². The molecule has 0 atom stereocenters. The lowest BCUT2D eigenvalue weighted by molar-refractivity contribution is -0.185. The maximum atomic E-state index is 12.3. The van der Waals surface area contributed by atoms with Gasteiger partial charge in [0.25, 0.3) is 11.7 Å². The van der Waals surface area contributed by atoms with Crippen molar-refractivity contribution in [2.45, 2.75) is 24.5 Å². The second kappa shape index (κ2) is 10.1. The van der Waals surface area contributed by atoms with Crippen molar-refractivity contribution in [3.05, 3.63) is 41.1 Å². The minimum Gasteiger partial charge on any atom is -0.504 e. The van der Waals surface area contributed by atoms with Crippen LogP contribution in [0.4, 0.5) is 10.8 Å². The molecule has 37 heavy (non-hydrogen) atoms. The number of amides is 1. The third-order valence-electron chi connectivity index (χ3n) is 5.20. The van der Waals surface area contributed by atoms with Crippen LogP contribution in [0.25, 0.3) is 0 Å². The predicted octanol–water partition coefficient (Wildman–Crippen LogP) is -1.25. The summed E-state index contributed by atoms with van der Waals surface area (Å²) in [5.41, 5.74) is 4.83. The molecular weight excluding hydrogens is 516 g/mol. The van der Waals surface area contributed by atoms with E-state index in [2.05, 4.69) is 15.6 Å². The third-order valence-corrected chi connectivity index (χ3v) is 5.89. The molecule has 1 heterocycles. The van der Waals surface area contributed by atoms with Gasteiger partial charge in [-0.25, -0.2) is 4.98 Å². The van der Waals surface area contributed by atoms with E-state index in [9.17, 15) is 55.9 Å². The average molecular weight is 541 g/mol. The Labute approximate surface area is 211 Å². The summed E-state index contributed by atoms with van der Waals surface area (Å²) in [6, 6.07) is 5.91. The van der Waals surface area contributed by atoms with E-state index in [1.165, 1.54) is 24.3 Å². The number of benzene rings is 2. The molecule has 0 fully saturated rings. The minimum absolute atomic E-state index is 0.0583. The zero-order valence-corrected chi connectivity index (χ0v) is 19.6. The Morgan fingerprint density at radius 2 is 1.43 bits per heavy atom. The molecule has 0 aliphatic rings. The molecule has 0 aliphatic heterocycles. The van der Waals surface area contributed by atoms with Crippen LogP contribution in [0.15, 0.2) is 24.3 Å². The summed E-state index contributed by atoms with van der Waals surface area (Å²) in [6.07, 6.45) is -0.682. The highest BCUT2D eigenvalue weighted by molar-refractivity contribution is 7.17. The first-order valence-electron chi connectivity index (χ1n) is 10.3. The van der Waals surface area contributed by atoms with Crippen LogP contribution in [0.3, 0.4) is 0 Å². The number of anilines is 2. The number of aliphatic hydroxyl groups is 4. The highest BCUT2D eigenvalue weighted by Crippen LogP contribution is 2.51. The predicted molar refractivity (Wildman–Crippen MR) is 127 cm³/mol. The van der Waals surface area contributed by atoms with Crippen molar-refractivity contribution >= 4 is 28.1 Å². The normalized spacial score (nSPS) is 12.0. The summed E-state index contributed by atoms with van der Waals surface area (Å²) in [6.45, 7) is -0.0583. The van der Waals surface area contributed by atoms with Crippen LogP contribution in [0, 0.1) is 0 Å². The van der Waals surface area contributed by atoms with Gasteiger partial charge in [-0.1, -0.05) is 23.5 Å². The average Bonchev–Trinajstić information content (AvgIpc) is 3.18. The summed E-state index contributed by atoms with van der Waals surface area (Å²) >= 11 is 0.558. The quantitative estimate of drug-likeness (QED) is 0.0857. The van der Waals surface area contributed by atoms with E-state index >= 15 is 0 Å². The van der Waals surface area contributed by atoms with Crippen molar-refractivity contribution in [2.75, 3.05) is 17.6 Å². The van der Waals surface area contributed by atoms with E-state index in [0.29, 0.717) is 16.9 Å². The van der Waals surface area contributed by atoms with Gasteiger partial charge in [0.1, 0.15) is 0 Å². The Morgan fingerprint density at radius 1 is 0.892 bits per heavy atom. The van der Waals surface area contributed by atoms with Gasteiger partial charge < -0.3 is 62.1 Å². The molecule has 16 heteroatoms. The number of aromatic nitrogens is 1. The number of rotatable bonds is 9. The number of thiazole rings is 1. The van der Waals surface area contributed by atoms with Crippen molar-refractivity contribution in [3.63, 3.8) is 0 Å². The minimum atomic E-state index is -3.15. The number of phenolic OH excluding ortho intramolecular Hbond substituents is 5. The Balaban J connectivity index is 1.58. The fourth-order valence-corrected chi connectivity index (χ4v) is 3.87. The Hall–Kier alpha value is -4.06. The topological polar surface area (TPSA) is 282 Å². The van der Waals surface area contributed by atoms with E-state index in [-0.39, 0.29) is 23.8 Å². The maximum Gasteiger partial charge on any atom is 0.294 e. The molecule has 0 aliphatic carbocycles. The molecule has 0 bridgehead atoms. The van der Waals surface area contributed by atoms with Crippen molar-refractivity contribution in [1.82, 2.24) is 10.3 Å². The Kier molecular flexibility index (Phi) is 7.54. The molecule has 0 saturated heterocycles. The van der Waals surface area contributed by atoms with Gasteiger partial charge in [-0.3, -0.25) is 10.1 Å². The summed E-state index contributed by atoms with van der Waals surface area (Å²) < 4.78 is 0. The molecule has 3 aromatic rings. The summed E-state index contributed by atoms with van der Waals surface area (Å²) in [7, 11) is 0. The van der Waals surface area contributed by atoms with E-state index < -0.39 is 69.1 Å². The largest absolute Gasteiger partial charge is 0.504 e. The molecule has 14 N–H and O–H groups in total. The lowest BCUT2D eigenvalue weighted by Gasteiger charge is -2.24. The lowest BCUT2D eigenvalue weighted by Crippen LogP contribution is -2.47. The maximum absolute atomic E-state index is 12.3. The number of aromatic hydroxyl groups is 6. The number of hydrogen-bond donors (Lipinski definition) is 13. The molecule has 1 aromatic heterocycles. The highest BCUT2D eigenvalue weighted by Gasteiger charge is 2.41. The van der Waals surface area contributed by atoms with Crippen LogP contribution < -0.4 is 16.4 Å². The fourth-order valence-electron chi connectivity index (χ4n) is 3.25. The van der Waals surface area contributed by atoms with Gasteiger partial charge in [-0.05, 0) is 24.1 Å². The number of carbonyl (C=O) groups excluding carboxylic acids is 1. The van der Waals surface area contributed by atoms with E-state index in [1.54, 1.807) is 0 Å². The molecule has 200 valence electrons. The van der Waals surface area contributed by atoms with Crippen LogP contribution in [0.5, 0.6) is 33.8 Å². The number of nitrogens with zero attached hydrogens (tertiary/aromatic N) is 1. The van der Waals surface area contributed by atoms with E-state index in [0.717, 1.165) is 0 Å². The first-order chi connectivity index (χ1) is 17.1. The third kappa shape index (κ3) is 5.85. The standard InChI is InChI=1S/C21H24N4O11S/c22-19-25-16(17(31)37-19)21(35,36)18(32)24-9-3-1-8(2-4-9)5-6-23-20(33,34)7-10-11(26)13(28)15(30)14(29)12(10)27/h1-4,23,26-31,33-36H,5-7H2,(H2,22,25)(H,24,32). The van der Waals surface area contributed by atoms with Gasteiger partial charge in [0.15, 0.2) is 22.3 Å². The Morgan fingerprint density at radius 3 is 1.95 bits per heavy atom. The highest BCUT2D eigenvalue weighted by atomic mass is 32.1. The molecule has 1 amide bonds. The zero-order valence-electron chi connectivity index (χ0n) is 18.7. The zero-order chi connectivity index (χ0) is 27.7. The molecule has 0 radical (unpaired) electrons.